The molecule has 3 rings (SSSR count). The number of nitrogens with one attached hydrogen (secondary N) is 1. The van der Waals surface area contributed by atoms with Crippen molar-refractivity contribution in [1.82, 2.24) is 4.98 Å². The maximum atomic E-state index is 12.2. The largest absolute Gasteiger partial charge is 0.497 e. The molecule has 0 saturated carbocycles. The van der Waals surface area contributed by atoms with E-state index in [0.717, 1.165) is 22.0 Å². The van der Waals surface area contributed by atoms with Crippen molar-refractivity contribution in [2.75, 3.05) is 13.7 Å². The number of carbonyl (C=O) groups excluding carboxylic acids is 1. The van der Waals surface area contributed by atoms with E-state index in [1.54, 1.807) is 20.2 Å². The Bertz CT molecular complexity index is 1010. The molecule has 1 N–H and O–H groups in total. The summed E-state index contributed by atoms with van der Waals surface area (Å²) < 4.78 is 10.5. The van der Waals surface area contributed by atoms with E-state index in [0.29, 0.717) is 23.5 Å². The number of methoxy groups -OCH3 is 1. The molecule has 5 nitrogen and oxygen atoms in total. The summed E-state index contributed by atoms with van der Waals surface area (Å²) in [7, 11) is 1.58. The van der Waals surface area contributed by atoms with Crippen molar-refractivity contribution in [2.24, 2.45) is 0 Å². The molecule has 0 fully saturated rings. The third-order valence-corrected chi connectivity index (χ3v) is 4.03. The van der Waals surface area contributed by atoms with Gasteiger partial charge in [-0.2, -0.15) is 5.26 Å². The second-order valence-corrected chi connectivity index (χ2v) is 5.59. The molecule has 5 heteroatoms. The second kappa shape index (κ2) is 7.58. The lowest BCUT2D eigenvalue weighted by atomic mass is 9.93. The molecule has 0 unspecified atom stereocenters. The zero-order valence-electron chi connectivity index (χ0n) is 14.6. The zero-order valence-corrected chi connectivity index (χ0v) is 14.6. The molecule has 130 valence electrons. The van der Waals surface area contributed by atoms with E-state index in [4.69, 9.17) is 9.47 Å². The van der Waals surface area contributed by atoms with Gasteiger partial charge in [-0.1, -0.05) is 30.3 Å². The number of ether oxygens (including phenoxy) is 2. The molecule has 0 radical (unpaired) electrons. The predicted octanol–water partition coefficient (Wildman–Crippen LogP) is 4.04. The molecule has 3 aromatic rings. The summed E-state index contributed by atoms with van der Waals surface area (Å²) in [6.45, 7) is 2.05. The van der Waals surface area contributed by atoms with Crippen LogP contribution in [-0.2, 0) is 9.53 Å². The highest BCUT2D eigenvalue weighted by Crippen LogP contribution is 2.35. The Morgan fingerprint density at radius 1 is 1.27 bits per heavy atom. The number of hydrogen-bond acceptors (Lipinski definition) is 4. The van der Waals surface area contributed by atoms with Crippen molar-refractivity contribution >= 4 is 22.4 Å². The number of nitriles is 1. The van der Waals surface area contributed by atoms with Gasteiger partial charge < -0.3 is 14.5 Å². The van der Waals surface area contributed by atoms with E-state index in [1.807, 2.05) is 42.5 Å². The molecule has 26 heavy (non-hydrogen) atoms. The van der Waals surface area contributed by atoms with E-state index in [9.17, 15) is 10.1 Å². The first-order valence-corrected chi connectivity index (χ1v) is 8.21. The second-order valence-electron chi connectivity index (χ2n) is 5.59. The van der Waals surface area contributed by atoms with Crippen molar-refractivity contribution < 1.29 is 14.3 Å². The Morgan fingerprint density at radius 3 is 2.69 bits per heavy atom. The van der Waals surface area contributed by atoms with Gasteiger partial charge in [0.05, 0.1) is 24.8 Å². The minimum atomic E-state index is -0.434. The first kappa shape index (κ1) is 17.3. The van der Waals surface area contributed by atoms with Crippen LogP contribution in [0.2, 0.25) is 0 Å². The molecule has 0 saturated heterocycles. The molecule has 0 amide bonds. The number of aromatic nitrogens is 1. The van der Waals surface area contributed by atoms with Crippen molar-refractivity contribution in [3.8, 4) is 11.8 Å². The van der Waals surface area contributed by atoms with Gasteiger partial charge in [-0.15, -0.1) is 0 Å². The number of aromatic amines is 1. The first-order valence-electron chi connectivity index (χ1n) is 8.21. The highest BCUT2D eigenvalue weighted by atomic mass is 16.5. The van der Waals surface area contributed by atoms with Crippen LogP contribution >= 0.6 is 0 Å². The molecule has 0 aliphatic carbocycles. The Hall–Kier alpha value is -3.52. The number of benzene rings is 2. The van der Waals surface area contributed by atoms with Gasteiger partial charge in [0.15, 0.2) is 0 Å². The standard InChI is InChI=1S/C21H18N2O3/c1-3-26-20(24)11-17(14-7-5-4-6-8-14)18-9-16(25-2)10-19-21(18)15(12-22)13-23-19/h4-11,13,23H,3H2,1-2H3/b17-11+. The van der Waals surface area contributed by atoms with Crippen LogP contribution in [0.1, 0.15) is 23.6 Å². The number of esters is 1. The number of hydrogen-bond donors (Lipinski definition) is 1. The molecule has 0 atom stereocenters. The monoisotopic (exact) mass is 346 g/mol. The van der Waals surface area contributed by atoms with Gasteiger partial charge in [0, 0.05) is 23.7 Å². The van der Waals surface area contributed by atoms with Gasteiger partial charge >= 0.3 is 5.97 Å². The van der Waals surface area contributed by atoms with Gasteiger partial charge in [0.25, 0.3) is 0 Å². The summed E-state index contributed by atoms with van der Waals surface area (Å²) in [6.07, 6.45) is 3.11. The topological polar surface area (TPSA) is 75.1 Å². The average molecular weight is 346 g/mol. The lowest BCUT2D eigenvalue weighted by molar-refractivity contribution is -0.137. The number of rotatable bonds is 5. The maximum Gasteiger partial charge on any atom is 0.331 e. The van der Waals surface area contributed by atoms with Crippen molar-refractivity contribution in [1.29, 1.82) is 5.26 Å². The van der Waals surface area contributed by atoms with E-state index < -0.39 is 5.97 Å². The highest BCUT2D eigenvalue weighted by Gasteiger charge is 2.17. The molecule has 1 aromatic heterocycles. The summed E-state index contributed by atoms with van der Waals surface area (Å²) in [6, 6.07) is 15.4. The third kappa shape index (κ3) is 3.31. The highest BCUT2D eigenvalue weighted by molar-refractivity contribution is 6.05. The molecule has 0 aliphatic rings. The summed E-state index contributed by atoms with van der Waals surface area (Å²) in [4.78, 5) is 15.3. The fourth-order valence-corrected chi connectivity index (χ4v) is 2.90. The fourth-order valence-electron chi connectivity index (χ4n) is 2.90. The zero-order chi connectivity index (χ0) is 18.5. The summed E-state index contributed by atoms with van der Waals surface area (Å²) in [5, 5.41) is 10.2. The molecule has 0 spiro atoms. The summed E-state index contributed by atoms with van der Waals surface area (Å²) >= 11 is 0. The van der Waals surface area contributed by atoms with E-state index >= 15 is 0 Å². The fraction of sp³-hybridized carbons (Fsp3) is 0.143. The van der Waals surface area contributed by atoms with Crippen LogP contribution in [0.5, 0.6) is 5.75 Å². The van der Waals surface area contributed by atoms with Crippen molar-refractivity contribution in [3.63, 3.8) is 0 Å². The van der Waals surface area contributed by atoms with Crippen LogP contribution in [0.4, 0.5) is 0 Å². The molecule has 0 aliphatic heterocycles. The smallest absolute Gasteiger partial charge is 0.331 e. The normalized spacial score (nSPS) is 11.2. The van der Waals surface area contributed by atoms with Gasteiger partial charge in [0.1, 0.15) is 11.8 Å². The predicted molar refractivity (Wildman–Crippen MR) is 99.7 cm³/mol. The van der Waals surface area contributed by atoms with Crippen molar-refractivity contribution in [2.45, 2.75) is 6.92 Å². The summed E-state index contributed by atoms with van der Waals surface area (Å²) in [5.74, 6) is 0.195. The van der Waals surface area contributed by atoms with Gasteiger partial charge in [-0.25, -0.2) is 4.79 Å². The Balaban J connectivity index is 2.32. The van der Waals surface area contributed by atoms with E-state index in [2.05, 4.69) is 11.1 Å². The van der Waals surface area contributed by atoms with Crippen molar-refractivity contribution in [3.05, 3.63) is 71.4 Å². The number of carbonyl (C=O) groups is 1. The Kier molecular flexibility index (Phi) is 5.04. The van der Waals surface area contributed by atoms with Crippen LogP contribution in [0, 0.1) is 11.3 Å². The first-order chi connectivity index (χ1) is 12.7. The molecular formula is C21H18N2O3. The van der Waals surface area contributed by atoms with Gasteiger partial charge in [0.2, 0.25) is 0 Å². The lowest BCUT2D eigenvalue weighted by Crippen LogP contribution is -2.02. The summed E-state index contributed by atoms with van der Waals surface area (Å²) in [5.41, 5.74) is 3.52. The molecule has 1 heterocycles. The molecule has 2 aromatic carbocycles. The lowest BCUT2D eigenvalue weighted by Gasteiger charge is -2.12. The van der Waals surface area contributed by atoms with Crippen LogP contribution in [0.15, 0.2) is 54.7 Å². The van der Waals surface area contributed by atoms with Gasteiger partial charge in [-0.3, -0.25) is 0 Å². The maximum absolute atomic E-state index is 12.2. The van der Waals surface area contributed by atoms with E-state index in [-0.39, 0.29) is 0 Å². The van der Waals surface area contributed by atoms with Gasteiger partial charge in [-0.05, 0) is 29.7 Å². The van der Waals surface area contributed by atoms with Crippen LogP contribution in [0.3, 0.4) is 0 Å². The third-order valence-electron chi connectivity index (χ3n) is 4.03. The minimum Gasteiger partial charge on any atom is -0.497 e. The quantitative estimate of drug-likeness (QED) is 0.559. The number of H-pyrrole nitrogens is 1. The molecular weight excluding hydrogens is 328 g/mol. The average Bonchev–Trinajstić information content (AvgIpc) is 3.09. The van der Waals surface area contributed by atoms with E-state index in [1.165, 1.54) is 6.08 Å². The Labute approximate surface area is 151 Å². The minimum absolute atomic E-state index is 0.290. The van der Waals surface area contributed by atoms with Crippen LogP contribution in [-0.4, -0.2) is 24.7 Å². The number of fused-ring (bicyclic) bond motifs is 1. The van der Waals surface area contributed by atoms with Crippen LogP contribution in [0.25, 0.3) is 16.5 Å². The number of nitrogens with zero attached hydrogens (tertiary/aromatic N) is 1. The Morgan fingerprint density at radius 2 is 2.04 bits per heavy atom. The SMILES string of the molecule is CCOC(=O)/C=C(\c1ccccc1)c1cc(OC)cc2[nH]cc(C#N)c12. The van der Waals surface area contributed by atoms with Crippen LogP contribution < -0.4 is 4.74 Å². The molecule has 0 bridgehead atoms.